The average molecular weight is 476 g/mol. The third-order valence-electron chi connectivity index (χ3n) is 5.99. The first-order chi connectivity index (χ1) is 15.9. The van der Waals surface area contributed by atoms with Crippen molar-refractivity contribution in [3.63, 3.8) is 0 Å². The van der Waals surface area contributed by atoms with Crippen LogP contribution in [-0.4, -0.2) is 68.8 Å². The quantitative estimate of drug-likeness (QED) is 0.716. The molecule has 0 bridgehead atoms. The van der Waals surface area contributed by atoms with E-state index in [1.54, 1.807) is 29.2 Å². The van der Waals surface area contributed by atoms with Crippen LogP contribution in [0.25, 0.3) is 0 Å². The molecule has 0 saturated carbocycles. The van der Waals surface area contributed by atoms with Gasteiger partial charge in [0.2, 0.25) is 15.9 Å². The number of ether oxygens (including phenoxy) is 1. The van der Waals surface area contributed by atoms with E-state index in [1.165, 1.54) is 16.4 Å². The first-order valence-corrected chi connectivity index (χ1v) is 12.3. The van der Waals surface area contributed by atoms with Crippen molar-refractivity contribution in [1.82, 2.24) is 9.21 Å². The number of nitrogens with one attached hydrogen (secondary N) is 1. The Morgan fingerprint density at radius 3 is 2.24 bits per heavy atom. The van der Waals surface area contributed by atoms with Crippen LogP contribution in [0.1, 0.15) is 23.2 Å². The Kier molecular flexibility index (Phi) is 7.06. The van der Waals surface area contributed by atoms with Crippen LogP contribution >= 0.6 is 0 Å². The number of para-hydroxylation sites is 1. The van der Waals surface area contributed by atoms with Gasteiger partial charge in [-0.05, 0) is 49.2 Å². The van der Waals surface area contributed by atoms with Gasteiger partial charge in [-0.3, -0.25) is 9.59 Å². The standard InChI is InChI=1S/C23H26FN3O5S/c24-18-5-7-19(8-6-18)33(30,31)27-11-9-17(10-12-27)22(28)25-21-4-2-1-3-20(21)23(29)26-13-15-32-16-14-26/h1-8,17H,9-16H2,(H,25,28). The number of nitrogens with zero attached hydrogens (tertiary/aromatic N) is 2. The summed E-state index contributed by atoms with van der Waals surface area (Å²) in [5, 5.41) is 2.86. The van der Waals surface area contributed by atoms with Gasteiger partial charge in [0.1, 0.15) is 5.82 Å². The SMILES string of the molecule is O=C(Nc1ccccc1C(=O)N1CCOCC1)C1CCN(S(=O)(=O)c2ccc(F)cc2)CC1. The maximum atomic E-state index is 13.1. The summed E-state index contributed by atoms with van der Waals surface area (Å²) in [5.41, 5.74) is 0.865. The van der Waals surface area contributed by atoms with Gasteiger partial charge in [-0.2, -0.15) is 4.31 Å². The fraction of sp³-hybridized carbons (Fsp3) is 0.391. The van der Waals surface area contributed by atoms with Gasteiger partial charge in [-0.15, -0.1) is 0 Å². The van der Waals surface area contributed by atoms with Crippen LogP contribution in [0.4, 0.5) is 10.1 Å². The van der Waals surface area contributed by atoms with Crippen molar-refractivity contribution in [2.45, 2.75) is 17.7 Å². The molecular formula is C23H26FN3O5S. The molecule has 2 aliphatic rings. The first-order valence-electron chi connectivity index (χ1n) is 10.9. The zero-order valence-electron chi connectivity index (χ0n) is 18.1. The van der Waals surface area contributed by atoms with Crippen molar-refractivity contribution >= 4 is 27.5 Å². The number of piperidine rings is 1. The number of carbonyl (C=O) groups is 2. The van der Waals surface area contributed by atoms with E-state index in [1.807, 2.05) is 0 Å². The van der Waals surface area contributed by atoms with Crippen molar-refractivity contribution < 1.29 is 27.1 Å². The van der Waals surface area contributed by atoms with Crippen LogP contribution in [0.5, 0.6) is 0 Å². The van der Waals surface area contributed by atoms with E-state index in [0.29, 0.717) is 50.4 Å². The van der Waals surface area contributed by atoms with E-state index < -0.39 is 15.8 Å². The molecule has 0 unspecified atom stereocenters. The Labute approximate surface area is 192 Å². The summed E-state index contributed by atoms with van der Waals surface area (Å²) in [6.45, 7) is 2.35. The zero-order valence-corrected chi connectivity index (χ0v) is 18.9. The van der Waals surface area contributed by atoms with Gasteiger partial charge < -0.3 is 15.0 Å². The minimum Gasteiger partial charge on any atom is -0.378 e. The summed E-state index contributed by atoms with van der Waals surface area (Å²) in [6.07, 6.45) is 0.706. The molecule has 2 aromatic carbocycles. The zero-order chi connectivity index (χ0) is 23.4. The van der Waals surface area contributed by atoms with Crippen LogP contribution < -0.4 is 5.32 Å². The number of hydrogen-bond donors (Lipinski definition) is 1. The fourth-order valence-corrected chi connectivity index (χ4v) is 5.53. The molecule has 2 fully saturated rings. The Morgan fingerprint density at radius 1 is 0.939 bits per heavy atom. The molecule has 2 saturated heterocycles. The molecule has 33 heavy (non-hydrogen) atoms. The highest BCUT2D eigenvalue weighted by Gasteiger charge is 2.32. The summed E-state index contributed by atoms with van der Waals surface area (Å²) in [6, 6.07) is 11.6. The highest BCUT2D eigenvalue weighted by atomic mass is 32.2. The molecule has 2 amide bonds. The third kappa shape index (κ3) is 5.23. The third-order valence-corrected chi connectivity index (χ3v) is 7.90. The van der Waals surface area contributed by atoms with E-state index in [0.717, 1.165) is 12.1 Å². The van der Waals surface area contributed by atoms with Gasteiger partial charge in [-0.1, -0.05) is 12.1 Å². The molecule has 2 aromatic rings. The number of carbonyl (C=O) groups excluding carboxylic acids is 2. The van der Waals surface area contributed by atoms with Crippen LogP contribution in [-0.2, 0) is 19.6 Å². The Bertz CT molecular complexity index is 1110. The monoisotopic (exact) mass is 475 g/mol. The number of halogens is 1. The van der Waals surface area contributed by atoms with Crippen molar-refractivity contribution in [3.05, 3.63) is 59.9 Å². The Balaban J connectivity index is 1.39. The largest absolute Gasteiger partial charge is 0.378 e. The summed E-state index contributed by atoms with van der Waals surface area (Å²) in [5.74, 6) is -1.28. The number of benzene rings is 2. The van der Waals surface area contributed by atoms with Gasteiger partial charge >= 0.3 is 0 Å². The van der Waals surface area contributed by atoms with E-state index >= 15 is 0 Å². The van der Waals surface area contributed by atoms with E-state index in [4.69, 9.17) is 4.74 Å². The summed E-state index contributed by atoms with van der Waals surface area (Å²) < 4.78 is 45.3. The van der Waals surface area contributed by atoms with Crippen LogP contribution in [0.15, 0.2) is 53.4 Å². The Hall–Kier alpha value is -2.82. The lowest BCUT2D eigenvalue weighted by molar-refractivity contribution is -0.120. The van der Waals surface area contributed by atoms with Crippen LogP contribution in [0.2, 0.25) is 0 Å². The lowest BCUT2D eigenvalue weighted by Crippen LogP contribution is -2.42. The topological polar surface area (TPSA) is 96.0 Å². The van der Waals surface area contributed by atoms with Crippen LogP contribution in [0.3, 0.4) is 0 Å². The minimum absolute atomic E-state index is 0.0300. The molecule has 2 aliphatic heterocycles. The van der Waals surface area contributed by atoms with Gasteiger partial charge in [-0.25, -0.2) is 12.8 Å². The lowest BCUT2D eigenvalue weighted by atomic mass is 9.97. The molecule has 4 rings (SSSR count). The summed E-state index contributed by atoms with van der Waals surface area (Å²) in [7, 11) is -3.74. The lowest BCUT2D eigenvalue weighted by Gasteiger charge is -2.31. The molecule has 2 heterocycles. The maximum Gasteiger partial charge on any atom is 0.256 e. The number of anilines is 1. The first kappa shape index (κ1) is 23.3. The average Bonchev–Trinajstić information content (AvgIpc) is 2.85. The number of rotatable bonds is 5. The summed E-state index contributed by atoms with van der Waals surface area (Å²) in [4.78, 5) is 27.6. The van der Waals surface area contributed by atoms with Crippen LogP contribution in [0, 0.1) is 11.7 Å². The van der Waals surface area contributed by atoms with E-state index in [-0.39, 0.29) is 35.7 Å². The van der Waals surface area contributed by atoms with E-state index in [2.05, 4.69) is 5.32 Å². The number of sulfonamides is 1. The molecule has 1 N–H and O–H groups in total. The predicted octanol–water partition coefficient (Wildman–Crippen LogP) is 2.34. The van der Waals surface area contributed by atoms with Gasteiger partial charge in [0.05, 0.1) is 29.4 Å². The maximum absolute atomic E-state index is 13.1. The highest BCUT2D eigenvalue weighted by molar-refractivity contribution is 7.89. The number of morpholine rings is 1. The van der Waals surface area contributed by atoms with Crippen molar-refractivity contribution in [2.75, 3.05) is 44.7 Å². The Morgan fingerprint density at radius 2 is 1.58 bits per heavy atom. The van der Waals surface area contributed by atoms with E-state index in [9.17, 15) is 22.4 Å². The minimum atomic E-state index is -3.74. The molecule has 0 aromatic heterocycles. The molecular weight excluding hydrogens is 449 g/mol. The van der Waals surface area contributed by atoms with Gasteiger partial charge in [0.15, 0.2) is 0 Å². The molecule has 8 nitrogen and oxygen atoms in total. The van der Waals surface area contributed by atoms with Gasteiger partial charge in [0.25, 0.3) is 5.91 Å². The molecule has 0 spiro atoms. The van der Waals surface area contributed by atoms with Crippen molar-refractivity contribution in [1.29, 1.82) is 0 Å². The predicted molar refractivity (Wildman–Crippen MR) is 120 cm³/mol. The van der Waals surface area contributed by atoms with Crippen molar-refractivity contribution in [2.24, 2.45) is 5.92 Å². The second kappa shape index (κ2) is 9.98. The van der Waals surface area contributed by atoms with Crippen molar-refractivity contribution in [3.8, 4) is 0 Å². The molecule has 0 radical (unpaired) electrons. The molecule has 0 aliphatic carbocycles. The smallest absolute Gasteiger partial charge is 0.256 e. The summed E-state index contributed by atoms with van der Waals surface area (Å²) >= 11 is 0. The second-order valence-corrected chi connectivity index (χ2v) is 10.0. The molecule has 10 heteroatoms. The molecule has 0 atom stereocenters. The van der Waals surface area contributed by atoms with Gasteiger partial charge in [0, 0.05) is 32.1 Å². The second-order valence-electron chi connectivity index (χ2n) is 8.07. The molecule has 176 valence electrons. The fourth-order valence-electron chi connectivity index (χ4n) is 4.06. The number of amides is 2. The highest BCUT2D eigenvalue weighted by Crippen LogP contribution is 2.26. The normalized spacial score (nSPS) is 18.2. The number of hydrogen-bond acceptors (Lipinski definition) is 5.